The van der Waals surface area contributed by atoms with Crippen molar-refractivity contribution >= 4 is 39.3 Å². The first-order chi connectivity index (χ1) is 11.7. The van der Waals surface area contributed by atoms with E-state index in [9.17, 15) is 17.6 Å². The highest BCUT2D eigenvalue weighted by Gasteiger charge is 2.16. The van der Waals surface area contributed by atoms with Crippen LogP contribution in [0.4, 0.5) is 10.1 Å². The van der Waals surface area contributed by atoms with Crippen LogP contribution in [0.15, 0.2) is 53.4 Å². The van der Waals surface area contributed by atoms with Crippen LogP contribution < -0.4 is 5.32 Å². The lowest BCUT2D eigenvalue weighted by atomic mass is 10.2. The Morgan fingerprint density at radius 2 is 1.80 bits per heavy atom. The number of benzene rings is 2. The lowest BCUT2D eigenvalue weighted by Gasteiger charge is -2.11. The average molecular weight is 383 g/mol. The van der Waals surface area contributed by atoms with E-state index in [0.29, 0.717) is 5.69 Å². The minimum absolute atomic E-state index is 0.115. The Morgan fingerprint density at radius 1 is 1.16 bits per heavy atom. The topological polar surface area (TPSA) is 66.5 Å². The second-order valence-corrected chi connectivity index (χ2v) is 7.83. The molecule has 8 heteroatoms. The fourth-order valence-electron chi connectivity index (χ4n) is 1.93. The van der Waals surface area contributed by atoms with E-state index in [2.05, 4.69) is 5.32 Å². The Morgan fingerprint density at radius 3 is 2.36 bits per heavy atom. The fraction of sp³-hybridized carbons (Fsp3) is 0.118. The lowest BCUT2D eigenvalue weighted by Crippen LogP contribution is -2.22. The van der Waals surface area contributed by atoms with Gasteiger partial charge in [0.05, 0.1) is 9.92 Å². The molecule has 2 aromatic carbocycles. The summed E-state index contributed by atoms with van der Waals surface area (Å²) in [5.41, 5.74) is 0.527. The minimum Gasteiger partial charge on any atom is -0.323 e. The first kappa shape index (κ1) is 19.1. The number of nitrogens with zero attached hydrogens (tertiary/aromatic N) is 1. The summed E-state index contributed by atoms with van der Waals surface area (Å²) in [6.45, 7) is 0. The van der Waals surface area contributed by atoms with Gasteiger partial charge in [-0.05, 0) is 42.5 Å². The molecule has 0 aliphatic rings. The van der Waals surface area contributed by atoms with Crippen LogP contribution in [0.2, 0.25) is 5.02 Å². The Hall–Kier alpha value is -2.22. The molecule has 0 aliphatic carbocycles. The maximum absolute atomic E-state index is 13.6. The highest BCUT2D eigenvalue weighted by Crippen LogP contribution is 2.20. The summed E-state index contributed by atoms with van der Waals surface area (Å²) in [5.74, 6) is -1.03. The lowest BCUT2D eigenvalue weighted by molar-refractivity contribution is -0.111. The number of sulfonamides is 1. The first-order valence-electron chi connectivity index (χ1n) is 7.17. The molecule has 0 saturated heterocycles. The zero-order valence-corrected chi connectivity index (χ0v) is 15.1. The first-order valence-corrected chi connectivity index (χ1v) is 8.99. The fourth-order valence-corrected chi connectivity index (χ4v) is 3.06. The molecule has 25 heavy (non-hydrogen) atoms. The van der Waals surface area contributed by atoms with Crippen molar-refractivity contribution in [2.24, 2.45) is 0 Å². The van der Waals surface area contributed by atoms with Crippen molar-refractivity contribution in [2.45, 2.75) is 4.90 Å². The largest absolute Gasteiger partial charge is 0.323 e. The SMILES string of the molecule is CN(C)S(=O)(=O)c1ccc(NC(=O)/C=C/c2c(F)cccc2Cl)cc1. The third-order valence-electron chi connectivity index (χ3n) is 3.30. The van der Waals surface area contributed by atoms with E-state index in [1.54, 1.807) is 0 Å². The molecule has 1 amide bonds. The molecule has 0 spiro atoms. The van der Waals surface area contributed by atoms with Crippen LogP contribution in [0.25, 0.3) is 6.08 Å². The maximum Gasteiger partial charge on any atom is 0.248 e. The molecule has 0 aliphatic heterocycles. The molecule has 0 radical (unpaired) electrons. The van der Waals surface area contributed by atoms with Crippen molar-refractivity contribution in [3.8, 4) is 0 Å². The van der Waals surface area contributed by atoms with Crippen molar-refractivity contribution < 1.29 is 17.6 Å². The van der Waals surface area contributed by atoms with E-state index in [1.165, 1.54) is 62.6 Å². The van der Waals surface area contributed by atoms with E-state index in [4.69, 9.17) is 11.6 Å². The molecule has 0 heterocycles. The van der Waals surface area contributed by atoms with Crippen LogP contribution >= 0.6 is 11.6 Å². The van der Waals surface area contributed by atoms with Crippen molar-refractivity contribution in [2.75, 3.05) is 19.4 Å². The van der Waals surface area contributed by atoms with Gasteiger partial charge in [0.1, 0.15) is 5.82 Å². The molecule has 0 unspecified atom stereocenters. The third kappa shape index (κ3) is 4.66. The molecule has 0 bridgehead atoms. The highest BCUT2D eigenvalue weighted by atomic mass is 35.5. The summed E-state index contributed by atoms with van der Waals surface area (Å²) in [4.78, 5) is 12.0. The molecule has 0 saturated carbocycles. The number of anilines is 1. The molecule has 0 aromatic heterocycles. The van der Waals surface area contributed by atoms with Gasteiger partial charge in [-0.25, -0.2) is 17.1 Å². The summed E-state index contributed by atoms with van der Waals surface area (Å²) in [6.07, 6.45) is 2.42. The van der Waals surface area contributed by atoms with Crippen LogP contribution in [0.3, 0.4) is 0 Å². The maximum atomic E-state index is 13.6. The molecule has 2 aromatic rings. The zero-order valence-electron chi connectivity index (χ0n) is 13.5. The van der Waals surface area contributed by atoms with Crippen LogP contribution in [0.5, 0.6) is 0 Å². The number of halogens is 2. The molecule has 132 valence electrons. The van der Waals surface area contributed by atoms with Crippen molar-refractivity contribution in [3.05, 3.63) is 64.9 Å². The van der Waals surface area contributed by atoms with Gasteiger partial charge in [0.2, 0.25) is 15.9 Å². The van der Waals surface area contributed by atoms with Gasteiger partial charge in [-0.3, -0.25) is 4.79 Å². The quantitative estimate of drug-likeness (QED) is 0.806. The van der Waals surface area contributed by atoms with E-state index in [-0.39, 0.29) is 15.5 Å². The van der Waals surface area contributed by atoms with Crippen molar-refractivity contribution in [3.63, 3.8) is 0 Å². The van der Waals surface area contributed by atoms with Crippen LogP contribution in [0.1, 0.15) is 5.56 Å². The average Bonchev–Trinajstić information content (AvgIpc) is 2.54. The Balaban J connectivity index is 2.10. The van der Waals surface area contributed by atoms with Crippen molar-refractivity contribution in [1.29, 1.82) is 0 Å². The van der Waals surface area contributed by atoms with E-state index < -0.39 is 21.7 Å². The molecular weight excluding hydrogens is 367 g/mol. The molecule has 5 nitrogen and oxygen atoms in total. The van der Waals surface area contributed by atoms with Gasteiger partial charge in [0, 0.05) is 31.4 Å². The smallest absolute Gasteiger partial charge is 0.248 e. The van der Waals surface area contributed by atoms with Gasteiger partial charge in [-0.1, -0.05) is 17.7 Å². The predicted octanol–water partition coefficient (Wildman–Crippen LogP) is 3.38. The van der Waals surface area contributed by atoms with Crippen LogP contribution in [-0.4, -0.2) is 32.7 Å². The summed E-state index contributed by atoms with van der Waals surface area (Å²) in [5, 5.41) is 2.76. The Bertz CT molecular complexity index is 890. The molecule has 0 fully saturated rings. The summed E-state index contributed by atoms with van der Waals surface area (Å²) in [6, 6.07) is 9.96. The Labute approximate surface area is 150 Å². The highest BCUT2D eigenvalue weighted by molar-refractivity contribution is 7.89. The van der Waals surface area contributed by atoms with Crippen LogP contribution in [0, 0.1) is 5.82 Å². The van der Waals surface area contributed by atoms with Gasteiger partial charge in [0.25, 0.3) is 0 Å². The summed E-state index contributed by atoms with van der Waals surface area (Å²) in [7, 11) is -0.659. The van der Waals surface area contributed by atoms with E-state index >= 15 is 0 Å². The monoisotopic (exact) mass is 382 g/mol. The number of nitrogens with one attached hydrogen (secondary N) is 1. The number of hydrogen-bond acceptors (Lipinski definition) is 3. The number of amides is 1. The van der Waals surface area contributed by atoms with Gasteiger partial charge < -0.3 is 5.32 Å². The molecular formula is C17H16ClFN2O3S. The van der Waals surface area contributed by atoms with Gasteiger partial charge in [-0.15, -0.1) is 0 Å². The Kier molecular flexibility index (Phi) is 5.94. The van der Waals surface area contributed by atoms with Crippen LogP contribution in [-0.2, 0) is 14.8 Å². The number of hydrogen-bond donors (Lipinski definition) is 1. The molecule has 2 rings (SSSR count). The number of carbonyl (C=O) groups excluding carboxylic acids is 1. The van der Waals surface area contributed by atoms with Gasteiger partial charge in [-0.2, -0.15) is 0 Å². The van der Waals surface area contributed by atoms with E-state index in [0.717, 1.165) is 10.4 Å². The minimum atomic E-state index is -3.53. The number of carbonyl (C=O) groups is 1. The summed E-state index contributed by atoms with van der Waals surface area (Å²) >= 11 is 5.87. The second-order valence-electron chi connectivity index (χ2n) is 5.27. The normalized spacial score (nSPS) is 11.9. The third-order valence-corrected chi connectivity index (χ3v) is 5.46. The molecule has 1 N–H and O–H groups in total. The predicted molar refractivity (Wildman–Crippen MR) is 96.4 cm³/mol. The van der Waals surface area contributed by atoms with E-state index in [1.807, 2.05) is 0 Å². The second kappa shape index (κ2) is 7.77. The zero-order chi connectivity index (χ0) is 18.6. The molecule has 0 atom stereocenters. The van der Waals surface area contributed by atoms with Gasteiger partial charge >= 0.3 is 0 Å². The van der Waals surface area contributed by atoms with Crippen molar-refractivity contribution in [1.82, 2.24) is 4.31 Å². The van der Waals surface area contributed by atoms with Gasteiger partial charge in [0.15, 0.2) is 0 Å². The summed E-state index contributed by atoms with van der Waals surface area (Å²) < 4.78 is 38.7. The number of rotatable bonds is 5. The standard InChI is InChI=1S/C17H16ClFN2O3S/c1-21(2)25(23,24)13-8-6-12(7-9-13)20-17(22)11-10-14-15(18)4-3-5-16(14)19/h3-11H,1-2H3,(H,20,22)/b11-10+.